The van der Waals surface area contributed by atoms with Gasteiger partial charge in [0.05, 0.1) is 6.42 Å². The summed E-state index contributed by atoms with van der Waals surface area (Å²) in [5.41, 5.74) is 2.61. The zero-order valence-corrected chi connectivity index (χ0v) is 11.4. The Morgan fingerprint density at radius 2 is 2.15 bits per heavy atom. The number of pyridine rings is 1. The van der Waals surface area contributed by atoms with E-state index in [1.807, 2.05) is 26.0 Å². The second kappa shape index (κ2) is 6.10. The first-order chi connectivity index (χ1) is 9.58. The van der Waals surface area contributed by atoms with Crippen LogP contribution in [-0.4, -0.2) is 32.6 Å². The Morgan fingerprint density at radius 1 is 1.35 bits per heavy atom. The van der Waals surface area contributed by atoms with E-state index < -0.39 is 5.97 Å². The monoisotopic (exact) mass is 272 g/mol. The summed E-state index contributed by atoms with van der Waals surface area (Å²) in [5.74, 6) is 0.407. The van der Waals surface area contributed by atoms with Crippen LogP contribution >= 0.6 is 0 Å². The number of carboxylic acid groups (broad SMARTS) is 1. The second-order valence-electron chi connectivity index (χ2n) is 4.42. The number of carbonyl (C=O) groups is 1. The molecule has 0 saturated carbocycles. The molecule has 0 atom stereocenters. The standard InChI is InChI=1S/C14H16N4O2/c1-9-10(2)17-14(11-4-3-6-15-8-11)18-13(9)16-7-5-12(19)20/h3-4,6,8H,5,7H2,1-2H3,(H,19,20)(H,16,17,18). The van der Waals surface area contributed by atoms with Crippen LogP contribution in [0.25, 0.3) is 11.4 Å². The maximum absolute atomic E-state index is 10.5. The van der Waals surface area contributed by atoms with Gasteiger partial charge < -0.3 is 10.4 Å². The SMILES string of the molecule is Cc1nc(-c2cccnc2)nc(NCCC(=O)O)c1C. The fraction of sp³-hybridized carbons (Fsp3) is 0.286. The topological polar surface area (TPSA) is 88.0 Å². The number of hydrogen-bond donors (Lipinski definition) is 2. The second-order valence-corrected chi connectivity index (χ2v) is 4.42. The molecular weight excluding hydrogens is 256 g/mol. The molecule has 0 unspecified atom stereocenters. The Balaban J connectivity index is 2.28. The number of aliphatic carboxylic acids is 1. The van der Waals surface area contributed by atoms with E-state index in [2.05, 4.69) is 20.3 Å². The zero-order valence-electron chi connectivity index (χ0n) is 11.4. The third kappa shape index (κ3) is 3.28. The van der Waals surface area contributed by atoms with E-state index in [4.69, 9.17) is 5.11 Å². The minimum atomic E-state index is -0.839. The molecule has 2 aromatic rings. The number of anilines is 1. The molecule has 2 rings (SSSR count). The van der Waals surface area contributed by atoms with E-state index in [-0.39, 0.29) is 6.42 Å². The average Bonchev–Trinajstić information content (AvgIpc) is 2.44. The Kier molecular flexibility index (Phi) is 4.24. The molecule has 6 nitrogen and oxygen atoms in total. The van der Waals surface area contributed by atoms with Gasteiger partial charge in [0.15, 0.2) is 5.82 Å². The number of aromatic nitrogens is 3. The van der Waals surface area contributed by atoms with E-state index in [0.29, 0.717) is 18.2 Å². The van der Waals surface area contributed by atoms with Crippen LogP contribution in [0.3, 0.4) is 0 Å². The Hall–Kier alpha value is -2.50. The van der Waals surface area contributed by atoms with Crippen molar-refractivity contribution in [1.82, 2.24) is 15.0 Å². The van der Waals surface area contributed by atoms with Crippen molar-refractivity contribution >= 4 is 11.8 Å². The lowest BCUT2D eigenvalue weighted by atomic mass is 10.2. The molecule has 2 N–H and O–H groups in total. The van der Waals surface area contributed by atoms with Gasteiger partial charge in [0, 0.05) is 35.8 Å². The highest BCUT2D eigenvalue weighted by Gasteiger charge is 2.09. The zero-order chi connectivity index (χ0) is 14.5. The van der Waals surface area contributed by atoms with Crippen molar-refractivity contribution in [1.29, 1.82) is 0 Å². The molecule has 0 spiro atoms. The number of hydrogen-bond acceptors (Lipinski definition) is 5. The van der Waals surface area contributed by atoms with Crippen molar-refractivity contribution in [3.05, 3.63) is 35.8 Å². The molecule has 0 aliphatic carbocycles. The number of rotatable bonds is 5. The van der Waals surface area contributed by atoms with E-state index in [1.165, 1.54) is 0 Å². The van der Waals surface area contributed by atoms with Crippen molar-refractivity contribution in [2.75, 3.05) is 11.9 Å². The third-order valence-corrected chi connectivity index (χ3v) is 2.94. The molecule has 0 bridgehead atoms. The summed E-state index contributed by atoms with van der Waals surface area (Å²) in [4.78, 5) is 23.5. The fourth-order valence-corrected chi connectivity index (χ4v) is 1.71. The summed E-state index contributed by atoms with van der Waals surface area (Å²) in [7, 11) is 0. The maximum atomic E-state index is 10.5. The van der Waals surface area contributed by atoms with Gasteiger partial charge in [0.1, 0.15) is 5.82 Å². The number of aryl methyl sites for hydroxylation is 1. The van der Waals surface area contributed by atoms with Gasteiger partial charge in [-0.1, -0.05) is 0 Å². The van der Waals surface area contributed by atoms with E-state index in [0.717, 1.165) is 16.8 Å². The molecule has 2 heterocycles. The molecule has 0 saturated heterocycles. The molecule has 0 aliphatic heterocycles. The van der Waals surface area contributed by atoms with Crippen LogP contribution in [0.2, 0.25) is 0 Å². The van der Waals surface area contributed by atoms with Gasteiger partial charge in [-0.25, -0.2) is 9.97 Å². The smallest absolute Gasteiger partial charge is 0.305 e. The molecule has 0 amide bonds. The number of carboxylic acids is 1. The summed E-state index contributed by atoms with van der Waals surface area (Å²) in [6.45, 7) is 4.14. The van der Waals surface area contributed by atoms with Gasteiger partial charge in [-0.2, -0.15) is 0 Å². The molecule has 6 heteroatoms. The average molecular weight is 272 g/mol. The molecule has 0 radical (unpaired) electrons. The fourth-order valence-electron chi connectivity index (χ4n) is 1.71. The first-order valence-corrected chi connectivity index (χ1v) is 6.29. The van der Waals surface area contributed by atoms with Gasteiger partial charge >= 0.3 is 5.97 Å². The summed E-state index contributed by atoms with van der Waals surface area (Å²) >= 11 is 0. The minimum Gasteiger partial charge on any atom is -0.481 e. The number of nitrogens with one attached hydrogen (secondary N) is 1. The van der Waals surface area contributed by atoms with E-state index >= 15 is 0 Å². The molecular formula is C14H16N4O2. The van der Waals surface area contributed by atoms with E-state index in [9.17, 15) is 4.79 Å². The Bertz CT molecular complexity index is 614. The van der Waals surface area contributed by atoms with Crippen molar-refractivity contribution in [2.45, 2.75) is 20.3 Å². The highest BCUT2D eigenvalue weighted by Crippen LogP contribution is 2.20. The summed E-state index contributed by atoms with van der Waals surface area (Å²) < 4.78 is 0. The van der Waals surface area contributed by atoms with Crippen LogP contribution in [0.5, 0.6) is 0 Å². The van der Waals surface area contributed by atoms with Crippen molar-refractivity contribution in [3.8, 4) is 11.4 Å². The van der Waals surface area contributed by atoms with Gasteiger partial charge in [0.25, 0.3) is 0 Å². The lowest BCUT2D eigenvalue weighted by Gasteiger charge is -2.11. The predicted octanol–water partition coefficient (Wildman–Crippen LogP) is 2.04. The molecule has 20 heavy (non-hydrogen) atoms. The Morgan fingerprint density at radius 3 is 2.80 bits per heavy atom. The first-order valence-electron chi connectivity index (χ1n) is 6.29. The minimum absolute atomic E-state index is 0.0463. The van der Waals surface area contributed by atoms with Crippen LogP contribution in [-0.2, 0) is 4.79 Å². The van der Waals surface area contributed by atoms with Crippen LogP contribution in [0.1, 0.15) is 17.7 Å². The predicted molar refractivity (Wildman–Crippen MR) is 75.5 cm³/mol. The van der Waals surface area contributed by atoms with Crippen molar-refractivity contribution in [3.63, 3.8) is 0 Å². The van der Waals surface area contributed by atoms with Crippen LogP contribution in [0, 0.1) is 13.8 Å². The van der Waals surface area contributed by atoms with Gasteiger partial charge in [-0.3, -0.25) is 9.78 Å². The normalized spacial score (nSPS) is 10.3. The molecule has 0 aromatic carbocycles. The van der Waals surface area contributed by atoms with Crippen LogP contribution in [0.4, 0.5) is 5.82 Å². The van der Waals surface area contributed by atoms with Crippen LogP contribution < -0.4 is 5.32 Å². The Labute approximate surface area is 116 Å². The number of nitrogens with zero attached hydrogens (tertiary/aromatic N) is 3. The summed E-state index contributed by atoms with van der Waals surface area (Å²) in [6, 6.07) is 3.71. The quantitative estimate of drug-likeness (QED) is 0.866. The lowest BCUT2D eigenvalue weighted by Crippen LogP contribution is -2.11. The third-order valence-electron chi connectivity index (χ3n) is 2.94. The largest absolute Gasteiger partial charge is 0.481 e. The van der Waals surface area contributed by atoms with Gasteiger partial charge in [0.2, 0.25) is 0 Å². The molecule has 104 valence electrons. The van der Waals surface area contributed by atoms with Gasteiger partial charge in [-0.05, 0) is 26.0 Å². The highest BCUT2D eigenvalue weighted by molar-refractivity contribution is 5.67. The highest BCUT2D eigenvalue weighted by atomic mass is 16.4. The van der Waals surface area contributed by atoms with Crippen molar-refractivity contribution < 1.29 is 9.90 Å². The molecule has 0 fully saturated rings. The van der Waals surface area contributed by atoms with Crippen molar-refractivity contribution in [2.24, 2.45) is 0 Å². The summed E-state index contributed by atoms with van der Waals surface area (Å²) in [5, 5.41) is 11.7. The van der Waals surface area contributed by atoms with E-state index in [1.54, 1.807) is 12.4 Å². The molecule has 0 aliphatic rings. The first kappa shape index (κ1) is 13.9. The lowest BCUT2D eigenvalue weighted by molar-refractivity contribution is -0.136. The molecule has 2 aromatic heterocycles. The maximum Gasteiger partial charge on any atom is 0.305 e. The summed E-state index contributed by atoms with van der Waals surface area (Å²) in [6.07, 6.45) is 3.44. The van der Waals surface area contributed by atoms with Gasteiger partial charge in [-0.15, -0.1) is 0 Å². The van der Waals surface area contributed by atoms with Crippen LogP contribution in [0.15, 0.2) is 24.5 Å².